The van der Waals surface area contributed by atoms with Crippen LogP contribution in [0.15, 0.2) is 39.3 Å². The number of rotatable bonds is 1. The van der Waals surface area contributed by atoms with Crippen LogP contribution in [0.2, 0.25) is 5.02 Å². The van der Waals surface area contributed by atoms with Crippen LogP contribution in [0.1, 0.15) is 0 Å². The van der Waals surface area contributed by atoms with Crippen LogP contribution < -0.4 is 0 Å². The molecule has 1 heterocycles. The molecule has 0 atom stereocenters. The van der Waals surface area contributed by atoms with E-state index in [9.17, 15) is 4.39 Å². The van der Waals surface area contributed by atoms with Crippen molar-refractivity contribution in [3.63, 3.8) is 0 Å². The van der Waals surface area contributed by atoms with E-state index in [-0.39, 0.29) is 5.82 Å². The van der Waals surface area contributed by atoms with Crippen molar-refractivity contribution in [3.8, 4) is 5.69 Å². The predicted molar refractivity (Wildman–Crippen MR) is 88.8 cm³/mol. The summed E-state index contributed by atoms with van der Waals surface area (Å²) in [4.78, 5) is 3.06. The molecule has 3 rings (SSSR count). The number of nitrogens with one attached hydrogen (secondary N) is 1. The fourth-order valence-corrected chi connectivity index (χ4v) is 3.27. The molecule has 0 bridgehead atoms. The number of aromatic nitrogens is 2. The molecule has 0 saturated heterocycles. The minimum absolute atomic E-state index is 0.349. The Morgan fingerprint density at radius 1 is 1.25 bits per heavy atom. The smallest absolute Gasteiger partial charge is 0.182 e. The van der Waals surface area contributed by atoms with Crippen LogP contribution >= 0.6 is 55.7 Å². The SMILES string of the molecule is Fc1cc2c(cc1Br)[nH]c(=S)n2-c1cccc(Cl)c1Br. The predicted octanol–water partition coefficient (Wildman–Crippen LogP) is 6.01. The van der Waals surface area contributed by atoms with E-state index in [1.165, 1.54) is 6.07 Å². The Kier molecular flexibility index (Phi) is 3.75. The minimum atomic E-state index is -0.349. The third-order valence-electron chi connectivity index (χ3n) is 2.90. The van der Waals surface area contributed by atoms with E-state index in [2.05, 4.69) is 36.8 Å². The molecule has 0 amide bonds. The van der Waals surface area contributed by atoms with Crippen molar-refractivity contribution in [3.05, 3.63) is 54.9 Å². The van der Waals surface area contributed by atoms with Gasteiger partial charge in [-0.25, -0.2) is 4.39 Å². The Labute approximate surface area is 140 Å². The quantitative estimate of drug-likeness (QED) is 0.464. The topological polar surface area (TPSA) is 20.7 Å². The lowest BCUT2D eigenvalue weighted by molar-refractivity contribution is 0.622. The van der Waals surface area contributed by atoms with Crippen LogP contribution in [0.25, 0.3) is 16.7 Å². The van der Waals surface area contributed by atoms with Crippen LogP contribution in [0.3, 0.4) is 0 Å². The molecule has 3 aromatic rings. The first kappa shape index (κ1) is 14.3. The van der Waals surface area contributed by atoms with Gasteiger partial charge < -0.3 is 4.98 Å². The fourth-order valence-electron chi connectivity index (χ4n) is 2.01. The van der Waals surface area contributed by atoms with E-state index in [4.69, 9.17) is 23.8 Å². The molecule has 0 saturated carbocycles. The maximum Gasteiger partial charge on any atom is 0.182 e. The minimum Gasteiger partial charge on any atom is -0.330 e. The van der Waals surface area contributed by atoms with Crippen LogP contribution in [-0.2, 0) is 0 Å². The Morgan fingerprint density at radius 3 is 2.75 bits per heavy atom. The first-order valence-electron chi connectivity index (χ1n) is 5.53. The van der Waals surface area contributed by atoms with Crippen LogP contribution in [0.4, 0.5) is 4.39 Å². The van der Waals surface area contributed by atoms with E-state index in [0.29, 0.717) is 24.3 Å². The summed E-state index contributed by atoms with van der Waals surface area (Å²) >= 11 is 18.0. The van der Waals surface area contributed by atoms with Crippen molar-refractivity contribution < 1.29 is 4.39 Å². The standard InChI is InChI=1S/C13H6Br2ClFN2S/c14-6-4-9-11(5-8(6)17)19(13(20)18-9)10-3-1-2-7(16)12(10)15/h1-5H,(H,18,20). The van der Waals surface area contributed by atoms with Gasteiger partial charge in [-0.3, -0.25) is 4.57 Å². The fraction of sp³-hybridized carbons (Fsp3) is 0. The monoisotopic (exact) mass is 434 g/mol. The van der Waals surface area contributed by atoms with Crippen LogP contribution in [-0.4, -0.2) is 9.55 Å². The van der Waals surface area contributed by atoms with Gasteiger partial charge in [0.05, 0.1) is 30.7 Å². The molecule has 7 heteroatoms. The van der Waals surface area contributed by atoms with Crippen molar-refractivity contribution in [2.24, 2.45) is 0 Å². The van der Waals surface area contributed by atoms with Gasteiger partial charge in [-0.15, -0.1) is 0 Å². The normalized spacial score (nSPS) is 11.2. The zero-order valence-corrected chi connectivity index (χ0v) is 14.5. The molecule has 0 aliphatic carbocycles. The van der Waals surface area contributed by atoms with E-state index >= 15 is 0 Å². The second-order valence-corrected chi connectivity index (χ2v) is 6.56. The average molecular weight is 437 g/mol. The molecule has 1 aromatic heterocycles. The molecule has 2 aromatic carbocycles. The highest BCUT2D eigenvalue weighted by Gasteiger charge is 2.13. The van der Waals surface area contributed by atoms with Gasteiger partial charge in [0.2, 0.25) is 0 Å². The summed E-state index contributed by atoms with van der Waals surface area (Å²) in [6, 6.07) is 8.54. The summed E-state index contributed by atoms with van der Waals surface area (Å²) in [6.07, 6.45) is 0. The number of hydrogen-bond acceptors (Lipinski definition) is 1. The highest BCUT2D eigenvalue weighted by Crippen LogP contribution is 2.32. The summed E-state index contributed by atoms with van der Waals surface area (Å²) in [7, 11) is 0. The Hall–Kier alpha value is -0.690. The summed E-state index contributed by atoms with van der Waals surface area (Å²) in [5.41, 5.74) is 2.16. The van der Waals surface area contributed by atoms with Gasteiger partial charge in [0.1, 0.15) is 5.82 Å². The van der Waals surface area contributed by atoms with E-state index in [0.717, 1.165) is 11.2 Å². The molecule has 2 nitrogen and oxygen atoms in total. The van der Waals surface area contributed by atoms with Gasteiger partial charge in [0, 0.05) is 6.07 Å². The molecule has 0 fully saturated rings. The molecule has 0 spiro atoms. The number of benzene rings is 2. The molecule has 0 radical (unpaired) electrons. The lowest BCUT2D eigenvalue weighted by atomic mass is 10.2. The van der Waals surface area contributed by atoms with Crippen molar-refractivity contribution in [2.45, 2.75) is 0 Å². The van der Waals surface area contributed by atoms with Crippen molar-refractivity contribution >= 4 is 66.7 Å². The number of hydrogen-bond donors (Lipinski definition) is 1. The van der Waals surface area contributed by atoms with Gasteiger partial charge in [-0.05, 0) is 62.3 Å². The molecule has 0 aliphatic heterocycles. The molecular weight excluding hydrogens is 430 g/mol. The summed E-state index contributed by atoms with van der Waals surface area (Å²) in [6.45, 7) is 0. The van der Waals surface area contributed by atoms with Gasteiger partial charge in [-0.1, -0.05) is 17.7 Å². The molecule has 20 heavy (non-hydrogen) atoms. The van der Waals surface area contributed by atoms with Crippen molar-refractivity contribution in [1.29, 1.82) is 0 Å². The maximum atomic E-state index is 13.8. The van der Waals surface area contributed by atoms with E-state index in [1.807, 2.05) is 12.1 Å². The third-order valence-corrected chi connectivity index (χ3v) is 5.17. The first-order valence-corrected chi connectivity index (χ1v) is 7.90. The lowest BCUT2D eigenvalue weighted by Crippen LogP contribution is -1.96. The average Bonchev–Trinajstić information content (AvgIpc) is 2.69. The summed E-state index contributed by atoms with van der Waals surface area (Å²) < 4.78 is 17.1. The summed E-state index contributed by atoms with van der Waals surface area (Å²) in [5, 5.41) is 0.566. The Balaban J connectivity index is 2.42. The number of H-pyrrole nitrogens is 1. The maximum absolute atomic E-state index is 13.8. The number of aromatic amines is 1. The van der Waals surface area contributed by atoms with Crippen LogP contribution in [0.5, 0.6) is 0 Å². The first-order chi connectivity index (χ1) is 9.49. The molecule has 0 aliphatic rings. The molecule has 0 unspecified atom stereocenters. The third kappa shape index (κ3) is 2.24. The summed E-state index contributed by atoms with van der Waals surface area (Å²) in [5.74, 6) is -0.349. The number of imidazole rings is 1. The highest BCUT2D eigenvalue weighted by atomic mass is 79.9. The number of nitrogens with zero attached hydrogens (tertiary/aromatic N) is 1. The second kappa shape index (κ2) is 5.26. The zero-order chi connectivity index (χ0) is 14.4. The molecule has 1 N–H and O–H groups in total. The van der Waals surface area contributed by atoms with Crippen molar-refractivity contribution in [2.75, 3.05) is 0 Å². The van der Waals surface area contributed by atoms with E-state index < -0.39 is 0 Å². The number of fused-ring (bicyclic) bond motifs is 1. The Bertz CT molecular complexity index is 888. The molecule has 102 valence electrons. The van der Waals surface area contributed by atoms with Crippen LogP contribution in [0, 0.1) is 10.6 Å². The van der Waals surface area contributed by atoms with E-state index in [1.54, 1.807) is 16.7 Å². The second-order valence-electron chi connectivity index (χ2n) is 4.12. The lowest BCUT2D eigenvalue weighted by Gasteiger charge is -2.08. The largest absolute Gasteiger partial charge is 0.330 e. The number of halogens is 4. The van der Waals surface area contributed by atoms with Gasteiger partial charge in [0.15, 0.2) is 4.77 Å². The molecular formula is C13H6Br2ClFN2S. The van der Waals surface area contributed by atoms with Gasteiger partial charge in [0.25, 0.3) is 0 Å². The van der Waals surface area contributed by atoms with Gasteiger partial charge in [-0.2, -0.15) is 0 Å². The highest BCUT2D eigenvalue weighted by molar-refractivity contribution is 9.11. The van der Waals surface area contributed by atoms with Gasteiger partial charge >= 0.3 is 0 Å². The Morgan fingerprint density at radius 2 is 2.00 bits per heavy atom. The zero-order valence-electron chi connectivity index (χ0n) is 9.75. The van der Waals surface area contributed by atoms with Crippen molar-refractivity contribution in [1.82, 2.24) is 9.55 Å².